The Hall–Kier alpha value is -1.75. The molecule has 0 unspecified atom stereocenters. The number of alkyl halides is 1. The van der Waals surface area contributed by atoms with Crippen LogP contribution < -0.4 is 10.1 Å². The van der Waals surface area contributed by atoms with E-state index < -0.39 is 5.97 Å². The Balaban J connectivity index is 0.000000252. The molecule has 0 aromatic heterocycles. The van der Waals surface area contributed by atoms with E-state index in [0.29, 0.717) is 40.9 Å². The van der Waals surface area contributed by atoms with Crippen LogP contribution >= 0.6 is 11.6 Å². The Bertz CT molecular complexity index is 1010. The van der Waals surface area contributed by atoms with Crippen LogP contribution in [-0.4, -0.2) is 29.5 Å². The number of hydrogen-bond donors (Lipinski definition) is 2. The zero-order valence-electron chi connectivity index (χ0n) is 30.2. The molecule has 258 valence electrons. The van der Waals surface area contributed by atoms with Crippen LogP contribution in [0, 0.1) is 65.1 Å². The molecular weight excluding hydrogens is 582 g/mol. The first-order valence-corrected chi connectivity index (χ1v) is 18.4. The van der Waals surface area contributed by atoms with Crippen molar-refractivity contribution in [1.82, 2.24) is 0 Å². The van der Waals surface area contributed by atoms with E-state index in [-0.39, 0.29) is 17.7 Å². The van der Waals surface area contributed by atoms with Crippen LogP contribution in [0.15, 0.2) is 24.3 Å². The summed E-state index contributed by atoms with van der Waals surface area (Å²) in [5, 5.41) is 12.6. The van der Waals surface area contributed by atoms with Crippen molar-refractivity contribution in [2.75, 3.05) is 12.4 Å². The van der Waals surface area contributed by atoms with E-state index >= 15 is 0 Å². The summed E-state index contributed by atoms with van der Waals surface area (Å²) in [6.07, 6.45) is 10.5. The number of nitrogens with one attached hydrogen (secondary N) is 1. The largest absolute Gasteiger partial charge is 0.497 e. The average Bonchev–Trinajstić information content (AvgIpc) is 2.97. The summed E-state index contributed by atoms with van der Waals surface area (Å²) in [6.45, 7) is 20.0. The standard InChI is InChI=1S/C18H27NO2.C11H20O2.C10H19Cl/c1-12(2)16-10-5-13(3)11-17(16)18(20)19-14-6-8-15(21-4)9-7-14;1-7(2)9-5-4-8(3)6-10(9)11(12)13;1-7(2)9-5-4-8(3)6-10(9)11/h6-9,12-13,16-17H,5,10-11H2,1-4H3,(H,19,20);7-10H,4-6H2,1-3H3,(H,12,13);7-10H,4-6H2,1-3H3/t13-,16+,17-;2*8-,9+,10-/m111/s1. The van der Waals surface area contributed by atoms with Crippen molar-refractivity contribution in [3.05, 3.63) is 24.3 Å². The van der Waals surface area contributed by atoms with E-state index in [1.165, 1.54) is 38.5 Å². The number of halogens is 1. The number of hydrogen-bond acceptors (Lipinski definition) is 3. The van der Waals surface area contributed by atoms with Crippen molar-refractivity contribution in [1.29, 1.82) is 0 Å². The van der Waals surface area contributed by atoms with Gasteiger partial charge in [0.1, 0.15) is 5.75 Å². The maximum Gasteiger partial charge on any atom is 0.306 e. The highest BCUT2D eigenvalue weighted by atomic mass is 35.5. The van der Waals surface area contributed by atoms with Crippen LogP contribution in [0.25, 0.3) is 0 Å². The van der Waals surface area contributed by atoms with Crippen molar-refractivity contribution in [2.24, 2.45) is 65.1 Å². The minimum absolute atomic E-state index is 0.0938. The normalized spacial score (nSPS) is 31.7. The van der Waals surface area contributed by atoms with Crippen LogP contribution in [-0.2, 0) is 9.59 Å². The predicted molar refractivity (Wildman–Crippen MR) is 190 cm³/mol. The number of amides is 1. The van der Waals surface area contributed by atoms with Gasteiger partial charge in [0.25, 0.3) is 0 Å². The van der Waals surface area contributed by atoms with Crippen LogP contribution in [0.1, 0.15) is 120 Å². The van der Waals surface area contributed by atoms with Crippen molar-refractivity contribution in [3.8, 4) is 5.75 Å². The van der Waals surface area contributed by atoms with Gasteiger partial charge in [0.2, 0.25) is 5.91 Å². The second-order valence-corrected chi connectivity index (χ2v) is 16.3. The number of carboxylic acid groups (broad SMARTS) is 1. The van der Waals surface area contributed by atoms with Crippen molar-refractivity contribution in [3.63, 3.8) is 0 Å². The fraction of sp³-hybridized carbons (Fsp3) is 0.795. The van der Waals surface area contributed by atoms with Gasteiger partial charge in [-0.05, 0) is 116 Å². The lowest BCUT2D eigenvalue weighted by atomic mass is 9.70. The molecule has 4 rings (SSSR count). The summed E-state index contributed by atoms with van der Waals surface area (Å²) < 4.78 is 5.14. The molecular formula is C39H66ClNO4. The molecule has 6 heteroatoms. The van der Waals surface area contributed by atoms with Gasteiger partial charge in [-0.3, -0.25) is 9.59 Å². The van der Waals surface area contributed by atoms with Gasteiger partial charge in [-0.15, -0.1) is 11.6 Å². The molecule has 3 fully saturated rings. The number of ether oxygens (including phenoxy) is 1. The molecule has 9 atom stereocenters. The number of aliphatic carboxylic acids is 1. The number of benzene rings is 1. The number of carboxylic acids is 1. The molecule has 0 bridgehead atoms. The van der Waals surface area contributed by atoms with Crippen LogP contribution in [0.2, 0.25) is 0 Å². The molecule has 3 saturated carbocycles. The Labute approximate surface area is 281 Å². The molecule has 0 aliphatic heterocycles. The maximum absolute atomic E-state index is 12.6. The third-order valence-corrected chi connectivity index (χ3v) is 11.5. The van der Waals surface area contributed by atoms with Gasteiger partial charge >= 0.3 is 5.97 Å². The summed E-state index contributed by atoms with van der Waals surface area (Å²) in [5.41, 5.74) is 0.849. The summed E-state index contributed by atoms with van der Waals surface area (Å²) in [7, 11) is 1.64. The van der Waals surface area contributed by atoms with Gasteiger partial charge in [0.05, 0.1) is 13.0 Å². The molecule has 0 spiro atoms. The second-order valence-electron chi connectivity index (χ2n) is 15.8. The van der Waals surface area contributed by atoms with Gasteiger partial charge < -0.3 is 15.2 Å². The van der Waals surface area contributed by atoms with E-state index in [0.717, 1.165) is 48.5 Å². The van der Waals surface area contributed by atoms with Crippen LogP contribution in [0.3, 0.4) is 0 Å². The maximum atomic E-state index is 12.6. The molecule has 2 N–H and O–H groups in total. The number of carbonyl (C=O) groups excluding carboxylic acids is 1. The molecule has 5 nitrogen and oxygen atoms in total. The lowest BCUT2D eigenvalue weighted by molar-refractivity contribution is -0.146. The molecule has 45 heavy (non-hydrogen) atoms. The number of anilines is 1. The Morgan fingerprint density at radius 3 is 1.56 bits per heavy atom. The first-order valence-electron chi connectivity index (χ1n) is 18.0. The van der Waals surface area contributed by atoms with Crippen LogP contribution in [0.4, 0.5) is 5.69 Å². The van der Waals surface area contributed by atoms with E-state index in [1.807, 2.05) is 24.3 Å². The minimum Gasteiger partial charge on any atom is -0.497 e. The third kappa shape index (κ3) is 12.8. The monoisotopic (exact) mass is 647 g/mol. The quantitative estimate of drug-likeness (QED) is 0.289. The van der Waals surface area contributed by atoms with Gasteiger partial charge in [-0.2, -0.15) is 0 Å². The van der Waals surface area contributed by atoms with E-state index in [4.69, 9.17) is 21.4 Å². The van der Waals surface area contributed by atoms with Crippen molar-refractivity contribution < 1.29 is 19.4 Å². The highest BCUT2D eigenvalue weighted by Gasteiger charge is 2.36. The van der Waals surface area contributed by atoms with E-state index in [2.05, 4.69) is 67.6 Å². The summed E-state index contributed by atoms with van der Waals surface area (Å²) >= 11 is 6.27. The van der Waals surface area contributed by atoms with Gasteiger partial charge in [-0.1, -0.05) is 81.6 Å². The van der Waals surface area contributed by atoms with Crippen LogP contribution in [0.5, 0.6) is 5.75 Å². The average molecular weight is 648 g/mol. The topological polar surface area (TPSA) is 75.6 Å². The SMILES string of the molecule is CC(C)[C@@H]1CC[C@@H](C)C[C@H]1C(=O)O.CC(C)[C@@H]1CC[C@@H](C)C[C@H]1Cl.COc1ccc(NC(=O)[C@@H]2C[C@H](C)CC[C@H]2C(C)C)cc1. The molecule has 0 heterocycles. The molecule has 1 aromatic carbocycles. The first kappa shape index (κ1) is 39.4. The Morgan fingerprint density at radius 1 is 0.711 bits per heavy atom. The van der Waals surface area contributed by atoms with Gasteiger partial charge in [0, 0.05) is 17.0 Å². The Morgan fingerprint density at radius 2 is 1.13 bits per heavy atom. The minimum atomic E-state index is -0.592. The summed E-state index contributed by atoms with van der Waals surface area (Å²) in [5.74, 6) is 6.02. The molecule has 0 saturated heterocycles. The number of methoxy groups -OCH3 is 1. The fourth-order valence-corrected chi connectivity index (χ4v) is 8.71. The summed E-state index contributed by atoms with van der Waals surface area (Å²) in [4.78, 5) is 23.7. The molecule has 0 radical (unpaired) electrons. The van der Waals surface area contributed by atoms with Gasteiger partial charge in [-0.25, -0.2) is 0 Å². The number of carbonyl (C=O) groups is 2. The van der Waals surface area contributed by atoms with E-state index in [9.17, 15) is 9.59 Å². The van der Waals surface area contributed by atoms with Gasteiger partial charge in [0.15, 0.2) is 0 Å². The zero-order valence-corrected chi connectivity index (χ0v) is 30.9. The lowest BCUT2D eigenvalue weighted by Gasteiger charge is -2.36. The summed E-state index contributed by atoms with van der Waals surface area (Å²) in [6, 6.07) is 7.54. The van der Waals surface area contributed by atoms with E-state index in [1.54, 1.807) is 7.11 Å². The molecule has 3 aliphatic rings. The second kappa shape index (κ2) is 19.2. The highest BCUT2D eigenvalue weighted by Crippen LogP contribution is 2.40. The third-order valence-electron chi connectivity index (χ3n) is 11.0. The predicted octanol–water partition coefficient (Wildman–Crippen LogP) is 10.8. The molecule has 3 aliphatic carbocycles. The first-order chi connectivity index (χ1) is 21.1. The zero-order chi connectivity index (χ0) is 33.8. The molecule has 1 amide bonds. The number of rotatable bonds is 7. The van der Waals surface area contributed by atoms with Crippen molar-refractivity contribution >= 4 is 29.2 Å². The lowest BCUT2D eigenvalue weighted by Crippen LogP contribution is -2.36. The fourth-order valence-electron chi connectivity index (χ4n) is 7.99. The smallest absolute Gasteiger partial charge is 0.306 e. The highest BCUT2D eigenvalue weighted by molar-refractivity contribution is 6.20. The Kier molecular flexibility index (Phi) is 16.8. The molecule has 1 aromatic rings. The van der Waals surface area contributed by atoms with Crippen molar-refractivity contribution in [2.45, 2.75) is 125 Å².